The second kappa shape index (κ2) is 7.04. The average Bonchev–Trinajstić information content (AvgIpc) is 2.42. The van der Waals surface area contributed by atoms with Crippen LogP contribution in [0.25, 0.3) is 0 Å². The molecule has 0 radical (unpaired) electrons. The van der Waals surface area contributed by atoms with Crippen LogP contribution in [0.4, 0.5) is 0 Å². The maximum atomic E-state index is 12.3. The van der Waals surface area contributed by atoms with Crippen molar-refractivity contribution in [3.05, 3.63) is 29.3 Å². The van der Waals surface area contributed by atoms with Gasteiger partial charge in [-0.25, -0.2) is 13.6 Å². The number of sulfonamides is 1. The predicted molar refractivity (Wildman–Crippen MR) is 83.6 cm³/mol. The minimum atomic E-state index is -3.83. The van der Waals surface area contributed by atoms with Crippen LogP contribution in [0.3, 0.4) is 0 Å². The van der Waals surface area contributed by atoms with E-state index in [9.17, 15) is 13.2 Å². The molecule has 0 aliphatic carbocycles. The number of nitrogens with one attached hydrogen (secondary N) is 1. The van der Waals surface area contributed by atoms with Gasteiger partial charge in [0.2, 0.25) is 10.0 Å². The third kappa shape index (κ3) is 4.54. The minimum absolute atomic E-state index is 0.0234. The standard InChI is InChI=1S/C15H24N2O3S/c1-5-11-7-8-12(9-14(11)21(16,19)20)15(18)17-13(6-2)10(3)4/h7-10,13H,5-6H2,1-4H3,(H,17,18)(H2,16,19,20). The quantitative estimate of drug-likeness (QED) is 0.842. The van der Waals surface area contributed by atoms with Gasteiger partial charge < -0.3 is 5.32 Å². The fraction of sp³-hybridized carbons (Fsp3) is 0.533. The highest BCUT2D eigenvalue weighted by atomic mass is 32.2. The molecule has 6 heteroatoms. The van der Waals surface area contributed by atoms with Crippen LogP contribution in [0.5, 0.6) is 0 Å². The van der Waals surface area contributed by atoms with Gasteiger partial charge in [0.05, 0.1) is 4.90 Å². The third-order valence-electron chi connectivity index (χ3n) is 3.58. The summed E-state index contributed by atoms with van der Waals surface area (Å²) < 4.78 is 23.2. The van der Waals surface area contributed by atoms with E-state index < -0.39 is 10.0 Å². The van der Waals surface area contributed by atoms with Crippen LogP contribution in [0, 0.1) is 5.92 Å². The van der Waals surface area contributed by atoms with Crippen LogP contribution in [0.1, 0.15) is 50.0 Å². The van der Waals surface area contributed by atoms with E-state index in [-0.39, 0.29) is 16.8 Å². The summed E-state index contributed by atoms with van der Waals surface area (Å²) in [7, 11) is -3.83. The van der Waals surface area contributed by atoms with Crippen LogP contribution in [0.15, 0.2) is 23.1 Å². The molecule has 21 heavy (non-hydrogen) atoms. The van der Waals surface area contributed by atoms with Gasteiger partial charge >= 0.3 is 0 Å². The molecule has 1 aromatic carbocycles. The van der Waals surface area contributed by atoms with E-state index >= 15 is 0 Å². The molecule has 0 saturated carbocycles. The first-order valence-corrected chi connectivity index (χ1v) is 8.71. The maximum absolute atomic E-state index is 12.3. The molecule has 0 heterocycles. The Morgan fingerprint density at radius 3 is 2.33 bits per heavy atom. The van der Waals surface area contributed by atoms with Gasteiger partial charge in [-0.05, 0) is 36.5 Å². The summed E-state index contributed by atoms with van der Waals surface area (Å²) in [5, 5.41) is 8.14. The zero-order chi connectivity index (χ0) is 16.2. The Morgan fingerprint density at radius 1 is 1.29 bits per heavy atom. The van der Waals surface area contributed by atoms with E-state index in [0.717, 1.165) is 6.42 Å². The number of rotatable bonds is 6. The number of benzene rings is 1. The van der Waals surface area contributed by atoms with Crippen molar-refractivity contribution in [3.8, 4) is 0 Å². The van der Waals surface area contributed by atoms with Crippen molar-refractivity contribution in [2.75, 3.05) is 0 Å². The first-order chi connectivity index (χ1) is 9.70. The van der Waals surface area contributed by atoms with Crippen molar-refractivity contribution in [1.29, 1.82) is 0 Å². The zero-order valence-electron chi connectivity index (χ0n) is 13.0. The lowest BCUT2D eigenvalue weighted by Gasteiger charge is -2.21. The first kappa shape index (κ1) is 17.7. The molecule has 0 aromatic heterocycles. The number of carbonyl (C=O) groups excluding carboxylic acids is 1. The van der Waals surface area contributed by atoms with Gasteiger partial charge in [-0.15, -0.1) is 0 Å². The van der Waals surface area contributed by atoms with E-state index in [1.165, 1.54) is 6.07 Å². The van der Waals surface area contributed by atoms with Gasteiger partial charge in [-0.1, -0.05) is 33.8 Å². The molecular weight excluding hydrogens is 288 g/mol. The average molecular weight is 312 g/mol. The first-order valence-electron chi connectivity index (χ1n) is 7.17. The lowest BCUT2D eigenvalue weighted by Crippen LogP contribution is -2.38. The number of hydrogen-bond donors (Lipinski definition) is 2. The SMILES string of the molecule is CCc1ccc(C(=O)NC(CC)C(C)C)cc1S(N)(=O)=O. The summed E-state index contributed by atoms with van der Waals surface area (Å²) in [5.74, 6) is 0.0367. The Bertz CT molecular complexity index is 609. The summed E-state index contributed by atoms with van der Waals surface area (Å²) in [6.45, 7) is 7.91. The Balaban J connectivity index is 3.12. The second-order valence-corrected chi connectivity index (χ2v) is 6.98. The highest BCUT2D eigenvalue weighted by molar-refractivity contribution is 7.89. The normalized spacial score (nSPS) is 13.2. The molecule has 0 fully saturated rings. The Labute approximate surface area is 127 Å². The smallest absolute Gasteiger partial charge is 0.251 e. The molecule has 1 unspecified atom stereocenters. The van der Waals surface area contributed by atoms with Crippen molar-refractivity contribution in [2.45, 2.75) is 51.5 Å². The molecule has 0 saturated heterocycles. The molecular formula is C15H24N2O3S. The molecule has 0 aliphatic heterocycles. The number of hydrogen-bond acceptors (Lipinski definition) is 3. The summed E-state index contributed by atoms with van der Waals surface area (Å²) in [6.07, 6.45) is 1.36. The van der Waals surface area contributed by atoms with Gasteiger partial charge in [-0.2, -0.15) is 0 Å². The lowest BCUT2D eigenvalue weighted by atomic mass is 10.0. The highest BCUT2D eigenvalue weighted by Crippen LogP contribution is 2.18. The number of primary sulfonamides is 1. The van der Waals surface area contributed by atoms with Crippen LogP contribution >= 0.6 is 0 Å². The van der Waals surface area contributed by atoms with Crippen LogP contribution in [-0.2, 0) is 16.4 Å². The Kier molecular flexibility index (Phi) is 5.92. The molecule has 3 N–H and O–H groups in total. The van der Waals surface area contributed by atoms with Gasteiger partial charge in [0.15, 0.2) is 0 Å². The fourth-order valence-electron chi connectivity index (χ4n) is 2.24. The van der Waals surface area contributed by atoms with Crippen LogP contribution < -0.4 is 10.5 Å². The summed E-state index contributed by atoms with van der Waals surface area (Å²) >= 11 is 0. The lowest BCUT2D eigenvalue weighted by molar-refractivity contribution is 0.0924. The zero-order valence-corrected chi connectivity index (χ0v) is 13.8. The molecule has 5 nitrogen and oxygen atoms in total. The van der Waals surface area contributed by atoms with E-state index in [4.69, 9.17) is 5.14 Å². The van der Waals surface area contributed by atoms with E-state index in [2.05, 4.69) is 5.32 Å². The summed E-state index contributed by atoms with van der Waals surface area (Å²) in [4.78, 5) is 12.3. The van der Waals surface area contributed by atoms with Crippen molar-refractivity contribution in [1.82, 2.24) is 5.32 Å². The molecule has 0 bridgehead atoms. The van der Waals surface area contributed by atoms with Gasteiger partial charge in [0.25, 0.3) is 5.91 Å². The maximum Gasteiger partial charge on any atom is 0.251 e. The topological polar surface area (TPSA) is 89.3 Å². The van der Waals surface area contributed by atoms with Crippen LogP contribution in [-0.4, -0.2) is 20.4 Å². The number of amides is 1. The molecule has 1 atom stereocenters. The highest BCUT2D eigenvalue weighted by Gasteiger charge is 2.19. The molecule has 1 aromatic rings. The monoisotopic (exact) mass is 312 g/mol. The molecule has 1 amide bonds. The van der Waals surface area contributed by atoms with E-state index in [1.54, 1.807) is 12.1 Å². The van der Waals surface area contributed by atoms with Crippen molar-refractivity contribution in [3.63, 3.8) is 0 Å². The van der Waals surface area contributed by atoms with E-state index in [0.29, 0.717) is 23.5 Å². The van der Waals surface area contributed by atoms with Crippen molar-refractivity contribution in [2.24, 2.45) is 11.1 Å². The largest absolute Gasteiger partial charge is 0.349 e. The predicted octanol–water partition coefficient (Wildman–Crippen LogP) is 2.06. The minimum Gasteiger partial charge on any atom is -0.349 e. The molecule has 0 aliphatic rings. The van der Waals surface area contributed by atoms with E-state index in [1.807, 2.05) is 27.7 Å². The summed E-state index contributed by atoms with van der Waals surface area (Å²) in [5.41, 5.74) is 0.931. The van der Waals surface area contributed by atoms with Gasteiger partial charge in [0.1, 0.15) is 0 Å². The number of carbonyl (C=O) groups is 1. The molecule has 0 spiro atoms. The van der Waals surface area contributed by atoms with Crippen molar-refractivity contribution >= 4 is 15.9 Å². The van der Waals surface area contributed by atoms with Gasteiger partial charge in [0, 0.05) is 11.6 Å². The third-order valence-corrected chi connectivity index (χ3v) is 4.57. The van der Waals surface area contributed by atoms with Crippen molar-refractivity contribution < 1.29 is 13.2 Å². The second-order valence-electron chi connectivity index (χ2n) is 5.45. The number of aryl methyl sites for hydroxylation is 1. The van der Waals surface area contributed by atoms with Crippen LogP contribution in [0.2, 0.25) is 0 Å². The molecule has 118 valence electrons. The van der Waals surface area contributed by atoms with Gasteiger partial charge in [-0.3, -0.25) is 4.79 Å². The fourth-order valence-corrected chi connectivity index (χ4v) is 3.11. The summed E-state index contributed by atoms with van der Waals surface area (Å²) in [6, 6.07) is 4.69. The molecule has 1 rings (SSSR count). The number of nitrogens with two attached hydrogens (primary N) is 1. The Morgan fingerprint density at radius 2 is 1.90 bits per heavy atom. The Hall–Kier alpha value is -1.40.